The lowest BCUT2D eigenvalue weighted by Gasteiger charge is -2.18. The van der Waals surface area contributed by atoms with Crippen LogP contribution in [-0.4, -0.2) is 30.5 Å². The number of ether oxygens (including phenoxy) is 1. The van der Waals surface area contributed by atoms with Crippen molar-refractivity contribution in [2.45, 2.75) is 27.7 Å². The maximum Gasteiger partial charge on any atom is 0.143 e. The summed E-state index contributed by atoms with van der Waals surface area (Å²) in [7, 11) is 1.81. The molecule has 0 aliphatic heterocycles. The molecule has 1 aromatic rings. The van der Waals surface area contributed by atoms with Crippen molar-refractivity contribution in [3.63, 3.8) is 0 Å². The first-order valence-corrected chi connectivity index (χ1v) is 5.47. The molecule has 3 nitrogen and oxygen atoms in total. The molecule has 0 bridgehead atoms. The molecule has 0 aromatic heterocycles. The minimum absolute atomic E-state index is 0.00285. The smallest absolute Gasteiger partial charge is 0.143 e. The molecule has 1 N–H and O–H groups in total. The van der Waals surface area contributed by atoms with E-state index < -0.39 is 0 Å². The van der Waals surface area contributed by atoms with Crippen molar-refractivity contribution in [1.29, 1.82) is 0 Å². The fourth-order valence-corrected chi connectivity index (χ4v) is 1.55. The molecular formula is C13H21NO2. The van der Waals surface area contributed by atoms with Crippen molar-refractivity contribution in [3.8, 4) is 5.75 Å². The lowest BCUT2D eigenvalue weighted by Crippen LogP contribution is -2.24. The van der Waals surface area contributed by atoms with Crippen LogP contribution in [0, 0.1) is 27.7 Å². The van der Waals surface area contributed by atoms with Crippen LogP contribution in [0.3, 0.4) is 0 Å². The van der Waals surface area contributed by atoms with Gasteiger partial charge in [-0.3, -0.25) is 4.90 Å². The zero-order chi connectivity index (χ0) is 12.3. The third kappa shape index (κ3) is 2.74. The molecular weight excluding hydrogens is 202 g/mol. The highest BCUT2D eigenvalue weighted by atomic mass is 16.5. The van der Waals surface area contributed by atoms with Crippen molar-refractivity contribution in [3.05, 3.63) is 28.3 Å². The quantitative estimate of drug-likeness (QED) is 0.794. The van der Waals surface area contributed by atoms with E-state index in [2.05, 4.69) is 33.8 Å². The van der Waals surface area contributed by atoms with E-state index in [0.29, 0.717) is 6.73 Å². The maximum atomic E-state index is 8.88. The summed E-state index contributed by atoms with van der Waals surface area (Å²) in [5.74, 6) is 0.904. The van der Waals surface area contributed by atoms with Gasteiger partial charge in [-0.1, -0.05) is 0 Å². The number of aliphatic hydroxyl groups is 1. The highest BCUT2D eigenvalue weighted by Gasteiger charge is 2.08. The molecule has 16 heavy (non-hydrogen) atoms. The standard InChI is InChI=1S/C13H21NO2/c1-9-6-13(16-8-14(5)7-15)12(4)11(3)10(9)2/h6,15H,7-8H2,1-5H3. The summed E-state index contributed by atoms with van der Waals surface area (Å²) in [6, 6.07) is 2.06. The summed E-state index contributed by atoms with van der Waals surface area (Å²) < 4.78 is 5.67. The summed E-state index contributed by atoms with van der Waals surface area (Å²) in [6.07, 6.45) is 0. The highest BCUT2D eigenvalue weighted by molar-refractivity contribution is 5.47. The van der Waals surface area contributed by atoms with E-state index in [1.807, 2.05) is 7.05 Å². The number of benzene rings is 1. The van der Waals surface area contributed by atoms with Gasteiger partial charge in [-0.25, -0.2) is 0 Å². The molecule has 0 saturated heterocycles. The van der Waals surface area contributed by atoms with E-state index in [4.69, 9.17) is 9.84 Å². The topological polar surface area (TPSA) is 32.7 Å². The predicted octanol–water partition coefficient (Wildman–Crippen LogP) is 2.14. The van der Waals surface area contributed by atoms with Crippen LogP contribution in [0.25, 0.3) is 0 Å². The molecule has 0 saturated carbocycles. The van der Waals surface area contributed by atoms with Gasteiger partial charge in [0, 0.05) is 0 Å². The molecule has 0 aliphatic rings. The van der Waals surface area contributed by atoms with E-state index in [0.717, 1.165) is 5.75 Å². The zero-order valence-corrected chi connectivity index (χ0v) is 10.8. The fourth-order valence-electron chi connectivity index (χ4n) is 1.55. The van der Waals surface area contributed by atoms with E-state index in [1.54, 1.807) is 4.90 Å². The van der Waals surface area contributed by atoms with Gasteiger partial charge < -0.3 is 9.84 Å². The number of rotatable bonds is 4. The third-order valence-corrected chi connectivity index (χ3v) is 3.12. The van der Waals surface area contributed by atoms with Gasteiger partial charge in [-0.05, 0) is 63.1 Å². The van der Waals surface area contributed by atoms with Gasteiger partial charge in [0.15, 0.2) is 0 Å². The van der Waals surface area contributed by atoms with Crippen molar-refractivity contribution in [2.24, 2.45) is 0 Å². The van der Waals surface area contributed by atoms with E-state index in [-0.39, 0.29) is 6.73 Å². The van der Waals surface area contributed by atoms with Crippen molar-refractivity contribution < 1.29 is 9.84 Å². The van der Waals surface area contributed by atoms with Gasteiger partial charge >= 0.3 is 0 Å². The van der Waals surface area contributed by atoms with Crippen LogP contribution >= 0.6 is 0 Å². The molecule has 0 atom stereocenters. The van der Waals surface area contributed by atoms with E-state index >= 15 is 0 Å². The maximum absolute atomic E-state index is 8.88. The number of hydrogen-bond acceptors (Lipinski definition) is 3. The van der Waals surface area contributed by atoms with Gasteiger partial charge in [0.25, 0.3) is 0 Å². The van der Waals surface area contributed by atoms with Crippen molar-refractivity contribution >= 4 is 0 Å². The van der Waals surface area contributed by atoms with Crippen molar-refractivity contribution in [2.75, 3.05) is 20.5 Å². The summed E-state index contributed by atoms with van der Waals surface area (Å²) >= 11 is 0. The van der Waals surface area contributed by atoms with Crippen molar-refractivity contribution in [1.82, 2.24) is 4.90 Å². The highest BCUT2D eigenvalue weighted by Crippen LogP contribution is 2.26. The Morgan fingerprint density at radius 2 is 1.75 bits per heavy atom. The van der Waals surface area contributed by atoms with Gasteiger partial charge in [0.2, 0.25) is 0 Å². The van der Waals surface area contributed by atoms with Crippen LogP contribution in [0.5, 0.6) is 5.75 Å². The number of aryl methyl sites for hydroxylation is 1. The Balaban J connectivity index is 2.89. The second-order valence-corrected chi connectivity index (χ2v) is 4.34. The molecule has 90 valence electrons. The lowest BCUT2D eigenvalue weighted by atomic mass is 9.99. The van der Waals surface area contributed by atoms with Crippen LogP contribution in [-0.2, 0) is 0 Å². The first kappa shape index (κ1) is 13.0. The molecule has 0 amide bonds. The first-order chi connectivity index (χ1) is 7.47. The van der Waals surface area contributed by atoms with Gasteiger partial charge in [-0.15, -0.1) is 0 Å². The minimum Gasteiger partial charge on any atom is -0.478 e. The molecule has 1 aromatic carbocycles. The normalized spacial score (nSPS) is 10.9. The summed E-state index contributed by atoms with van der Waals surface area (Å²) in [5.41, 5.74) is 5.02. The molecule has 0 heterocycles. The Labute approximate surface area is 97.7 Å². The van der Waals surface area contributed by atoms with Gasteiger partial charge in [0.05, 0.1) is 6.73 Å². The number of aliphatic hydroxyl groups excluding tert-OH is 1. The Kier molecular flexibility index (Phi) is 4.33. The molecule has 0 radical (unpaired) electrons. The van der Waals surface area contributed by atoms with Crippen LogP contribution < -0.4 is 4.74 Å². The van der Waals surface area contributed by atoms with Gasteiger partial charge in [0.1, 0.15) is 12.5 Å². The van der Waals surface area contributed by atoms with Crippen LogP contribution in [0.1, 0.15) is 22.3 Å². The molecule has 0 spiro atoms. The fraction of sp³-hybridized carbons (Fsp3) is 0.538. The van der Waals surface area contributed by atoms with Crippen LogP contribution in [0.15, 0.2) is 6.07 Å². The second kappa shape index (κ2) is 5.32. The molecule has 0 unspecified atom stereocenters. The Bertz CT molecular complexity index is 375. The number of nitrogens with zero attached hydrogens (tertiary/aromatic N) is 1. The van der Waals surface area contributed by atoms with E-state index in [9.17, 15) is 0 Å². The average Bonchev–Trinajstić information content (AvgIpc) is 2.28. The Morgan fingerprint density at radius 1 is 1.12 bits per heavy atom. The van der Waals surface area contributed by atoms with E-state index in [1.165, 1.54) is 22.3 Å². The summed E-state index contributed by atoms with van der Waals surface area (Å²) in [6.45, 7) is 8.80. The number of hydrogen-bond donors (Lipinski definition) is 1. The zero-order valence-electron chi connectivity index (χ0n) is 10.8. The monoisotopic (exact) mass is 223 g/mol. The van der Waals surface area contributed by atoms with Gasteiger partial charge in [-0.2, -0.15) is 0 Å². The molecule has 0 aliphatic carbocycles. The second-order valence-electron chi connectivity index (χ2n) is 4.34. The first-order valence-electron chi connectivity index (χ1n) is 5.47. The molecule has 1 rings (SSSR count). The Hall–Kier alpha value is -1.06. The summed E-state index contributed by atoms with van der Waals surface area (Å²) in [4.78, 5) is 1.70. The summed E-state index contributed by atoms with van der Waals surface area (Å²) in [5, 5.41) is 8.88. The molecule has 0 fully saturated rings. The van der Waals surface area contributed by atoms with Crippen LogP contribution in [0.4, 0.5) is 0 Å². The average molecular weight is 223 g/mol. The molecule has 3 heteroatoms. The van der Waals surface area contributed by atoms with Crippen LogP contribution in [0.2, 0.25) is 0 Å². The minimum atomic E-state index is 0.00285. The SMILES string of the molecule is Cc1cc(OCN(C)CO)c(C)c(C)c1C. The Morgan fingerprint density at radius 3 is 2.31 bits per heavy atom. The third-order valence-electron chi connectivity index (χ3n) is 3.12. The largest absolute Gasteiger partial charge is 0.478 e. The lowest BCUT2D eigenvalue weighted by molar-refractivity contribution is 0.0629. The predicted molar refractivity (Wildman–Crippen MR) is 65.7 cm³/mol.